The molecular weight excluding hydrogens is 312 g/mol. The topological polar surface area (TPSA) is 51.4 Å². The standard InChI is InChI=1S/C20H30N4O/c1-5-23-6-8-24(9-7-23)13-19(25)21-12-17-10-14(2)11-18-15(3)16(4)22-20(17)18/h10-11,22H,5-9,12-13H2,1-4H3,(H,21,25). The van der Waals surface area contributed by atoms with Crippen molar-refractivity contribution < 1.29 is 4.79 Å². The summed E-state index contributed by atoms with van der Waals surface area (Å²) >= 11 is 0. The number of likely N-dealkylation sites (N-methyl/N-ethyl adjacent to an activating group) is 1. The minimum absolute atomic E-state index is 0.111. The Kier molecular flexibility index (Phi) is 5.45. The van der Waals surface area contributed by atoms with Crippen LogP contribution in [0.25, 0.3) is 10.9 Å². The van der Waals surface area contributed by atoms with Gasteiger partial charge in [0.2, 0.25) is 5.91 Å². The minimum Gasteiger partial charge on any atom is -0.358 e. The first-order chi connectivity index (χ1) is 12.0. The molecule has 1 fully saturated rings. The van der Waals surface area contributed by atoms with E-state index in [1.807, 2.05) is 0 Å². The molecule has 25 heavy (non-hydrogen) atoms. The van der Waals surface area contributed by atoms with Gasteiger partial charge in [-0.25, -0.2) is 0 Å². The summed E-state index contributed by atoms with van der Waals surface area (Å²) < 4.78 is 0. The number of aromatic nitrogens is 1. The number of piperazine rings is 1. The van der Waals surface area contributed by atoms with Crippen LogP contribution in [0.5, 0.6) is 0 Å². The third kappa shape index (κ3) is 4.05. The Bertz CT molecular complexity index is 757. The van der Waals surface area contributed by atoms with E-state index in [1.165, 1.54) is 22.2 Å². The summed E-state index contributed by atoms with van der Waals surface area (Å²) in [6.45, 7) is 14.8. The van der Waals surface area contributed by atoms with E-state index in [0.717, 1.165) is 43.8 Å². The van der Waals surface area contributed by atoms with Crippen molar-refractivity contribution >= 4 is 16.8 Å². The van der Waals surface area contributed by atoms with Crippen LogP contribution in [0.15, 0.2) is 12.1 Å². The molecule has 0 spiro atoms. The Labute approximate surface area is 150 Å². The van der Waals surface area contributed by atoms with Crippen molar-refractivity contribution in [2.75, 3.05) is 39.3 Å². The van der Waals surface area contributed by atoms with Crippen molar-refractivity contribution in [3.8, 4) is 0 Å². The molecule has 0 bridgehead atoms. The number of carbonyl (C=O) groups excluding carboxylic acids is 1. The molecule has 1 amide bonds. The van der Waals surface area contributed by atoms with Gasteiger partial charge in [0.25, 0.3) is 0 Å². The Morgan fingerprint density at radius 1 is 1.12 bits per heavy atom. The lowest BCUT2D eigenvalue weighted by Gasteiger charge is -2.33. The predicted octanol–water partition coefficient (Wildman–Crippen LogP) is 2.35. The molecule has 2 heterocycles. The highest BCUT2D eigenvalue weighted by molar-refractivity contribution is 5.88. The summed E-state index contributed by atoms with van der Waals surface area (Å²) in [6.07, 6.45) is 0. The molecule has 5 nitrogen and oxygen atoms in total. The van der Waals surface area contributed by atoms with Gasteiger partial charge in [0.1, 0.15) is 0 Å². The zero-order chi connectivity index (χ0) is 18.0. The largest absolute Gasteiger partial charge is 0.358 e. The number of hydrogen-bond donors (Lipinski definition) is 2. The van der Waals surface area contributed by atoms with Gasteiger partial charge in [-0.3, -0.25) is 9.69 Å². The van der Waals surface area contributed by atoms with Gasteiger partial charge in [-0.05, 0) is 44.5 Å². The minimum atomic E-state index is 0.111. The van der Waals surface area contributed by atoms with E-state index >= 15 is 0 Å². The fourth-order valence-electron chi connectivity index (χ4n) is 3.64. The number of nitrogens with zero attached hydrogens (tertiary/aromatic N) is 2. The summed E-state index contributed by atoms with van der Waals surface area (Å²) in [5.41, 5.74) is 6.03. The summed E-state index contributed by atoms with van der Waals surface area (Å²) in [4.78, 5) is 20.5. The molecule has 0 saturated carbocycles. The summed E-state index contributed by atoms with van der Waals surface area (Å²) in [5, 5.41) is 4.37. The molecule has 1 aliphatic rings. The lowest BCUT2D eigenvalue weighted by atomic mass is 10.0. The average Bonchev–Trinajstić information content (AvgIpc) is 2.88. The first-order valence-electron chi connectivity index (χ1n) is 9.27. The number of benzene rings is 1. The molecule has 136 valence electrons. The maximum Gasteiger partial charge on any atom is 0.234 e. The van der Waals surface area contributed by atoms with Gasteiger partial charge in [-0.1, -0.05) is 18.6 Å². The second kappa shape index (κ2) is 7.58. The van der Waals surface area contributed by atoms with Crippen LogP contribution in [0, 0.1) is 20.8 Å². The lowest BCUT2D eigenvalue weighted by molar-refractivity contribution is -0.122. The Hall–Kier alpha value is -1.85. The molecule has 1 saturated heterocycles. The fraction of sp³-hybridized carbons (Fsp3) is 0.550. The number of fused-ring (bicyclic) bond motifs is 1. The monoisotopic (exact) mass is 342 g/mol. The van der Waals surface area contributed by atoms with Gasteiger partial charge < -0.3 is 15.2 Å². The molecule has 0 aliphatic carbocycles. The van der Waals surface area contributed by atoms with Crippen LogP contribution < -0.4 is 5.32 Å². The van der Waals surface area contributed by atoms with Gasteiger partial charge in [0.15, 0.2) is 0 Å². The van der Waals surface area contributed by atoms with Crippen molar-refractivity contribution in [1.29, 1.82) is 0 Å². The number of carbonyl (C=O) groups is 1. The SMILES string of the molecule is CCN1CCN(CC(=O)NCc2cc(C)cc3c(C)c(C)[nH]c23)CC1. The Morgan fingerprint density at radius 3 is 2.48 bits per heavy atom. The highest BCUT2D eigenvalue weighted by Gasteiger charge is 2.18. The molecule has 2 aromatic rings. The first-order valence-corrected chi connectivity index (χ1v) is 9.27. The molecule has 0 atom stereocenters. The first kappa shape index (κ1) is 18.0. The second-order valence-electron chi connectivity index (χ2n) is 7.21. The average molecular weight is 342 g/mol. The van der Waals surface area contributed by atoms with E-state index in [0.29, 0.717) is 13.1 Å². The molecule has 2 N–H and O–H groups in total. The molecule has 0 radical (unpaired) electrons. The smallest absolute Gasteiger partial charge is 0.234 e. The lowest BCUT2D eigenvalue weighted by Crippen LogP contribution is -2.49. The zero-order valence-electron chi connectivity index (χ0n) is 15.9. The van der Waals surface area contributed by atoms with E-state index in [9.17, 15) is 4.79 Å². The van der Waals surface area contributed by atoms with Gasteiger partial charge in [0.05, 0.1) is 12.1 Å². The molecule has 1 aromatic heterocycles. The van der Waals surface area contributed by atoms with E-state index in [1.54, 1.807) is 0 Å². The fourth-order valence-corrected chi connectivity index (χ4v) is 3.64. The van der Waals surface area contributed by atoms with Crippen molar-refractivity contribution in [1.82, 2.24) is 20.1 Å². The quantitative estimate of drug-likeness (QED) is 0.877. The van der Waals surface area contributed by atoms with Crippen LogP contribution in [-0.4, -0.2) is 60.0 Å². The number of nitrogens with one attached hydrogen (secondary N) is 2. The van der Waals surface area contributed by atoms with E-state index in [2.05, 4.69) is 59.9 Å². The number of aryl methyl sites for hydroxylation is 3. The van der Waals surface area contributed by atoms with Crippen molar-refractivity contribution in [2.24, 2.45) is 0 Å². The Balaban J connectivity index is 1.61. The molecule has 1 aromatic carbocycles. The van der Waals surface area contributed by atoms with Gasteiger partial charge in [-0.2, -0.15) is 0 Å². The maximum absolute atomic E-state index is 12.4. The zero-order valence-corrected chi connectivity index (χ0v) is 15.9. The highest BCUT2D eigenvalue weighted by atomic mass is 16.2. The van der Waals surface area contributed by atoms with Gasteiger partial charge >= 0.3 is 0 Å². The maximum atomic E-state index is 12.4. The van der Waals surface area contributed by atoms with E-state index in [4.69, 9.17) is 0 Å². The summed E-state index contributed by atoms with van der Waals surface area (Å²) in [5.74, 6) is 0.111. The van der Waals surface area contributed by atoms with Crippen LogP contribution in [0.2, 0.25) is 0 Å². The number of hydrogen-bond acceptors (Lipinski definition) is 3. The molecule has 3 rings (SSSR count). The van der Waals surface area contributed by atoms with E-state index in [-0.39, 0.29) is 5.91 Å². The van der Waals surface area contributed by atoms with Crippen LogP contribution >= 0.6 is 0 Å². The molecule has 1 aliphatic heterocycles. The third-order valence-corrected chi connectivity index (χ3v) is 5.40. The van der Waals surface area contributed by atoms with Crippen molar-refractivity contribution in [3.05, 3.63) is 34.5 Å². The predicted molar refractivity (Wildman–Crippen MR) is 103 cm³/mol. The van der Waals surface area contributed by atoms with E-state index < -0.39 is 0 Å². The van der Waals surface area contributed by atoms with Gasteiger partial charge in [0, 0.05) is 43.8 Å². The summed E-state index contributed by atoms with van der Waals surface area (Å²) in [7, 11) is 0. The number of rotatable bonds is 5. The van der Waals surface area contributed by atoms with Crippen LogP contribution in [0.4, 0.5) is 0 Å². The Morgan fingerprint density at radius 2 is 1.80 bits per heavy atom. The number of aromatic amines is 1. The summed E-state index contributed by atoms with van der Waals surface area (Å²) in [6, 6.07) is 4.38. The van der Waals surface area contributed by atoms with Crippen LogP contribution in [-0.2, 0) is 11.3 Å². The second-order valence-corrected chi connectivity index (χ2v) is 7.21. The number of H-pyrrole nitrogens is 1. The normalized spacial score (nSPS) is 16.5. The van der Waals surface area contributed by atoms with Crippen LogP contribution in [0.1, 0.15) is 29.3 Å². The molecular formula is C20H30N4O. The van der Waals surface area contributed by atoms with Crippen molar-refractivity contribution in [3.63, 3.8) is 0 Å². The highest BCUT2D eigenvalue weighted by Crippen LogP contribution is 2.25. The van der Waals surface area contributed by atoms with Gasteiger partial charge in [-0.15, -0.1) is 0 Å². The number of amides is 1. The molecule has 5 heteroatoms. The third-order valence-electron chi connectivity index (χ3n) is 5.40. The van der Waals surface area contributed by atoms with Crippen LogP contribution in [0.3, 0.4) is 0 Å². The molecule has 0 unspecified atom stereocenters. The van der Waals surface area contributed by atoms with Crippen molar-refractivity contribution in [2.45, 2.75) is 34.2 Å².